The second-order valence-electron chi connectivity index (χ2n) is 5.76. The Hall–Kier alpha value is -1.44. The molecule has 0 bridgehead atoms. The van der Waals surface area contributed by atoms with Crippen LogP contribution in [0.4, 0.5) is 0 Å². The number of nitrogens with zero attached hydrogens (tertiary/aromatic N) is 1. The van der Waals surface area contributed by atoms with Crippen LogP contribution < -0.4 is 10.9 Å². The van der Waals surface area contributed by atoms with E-state index >= 15 is 0 Å². The van der Waals surface area contributed by atoms with Crippen LogP contribution in [0.25, 0.3) is 0 Å². The van der Waals surface area contributed by atoms with Crippen molar-refractivity contribution in [2.45, 2.75) is 24.9 Å². The molecule has 0 aliphatic rings. The number of hydrogen-bond acceptors (Lipinski definition) is 4. The molecule has 2 aromatic carbocycles. The Bertz CT molecular complexity index is 809. The molecule has 0 heterocycles. The van der Waals surface area contributed by atoms with E-state index in [4.69, 9.17) is 22.5 Å². The largest absolute Gasteiger partial charge is 0.329 e. The average molecular weight is 368 g/mol. The molecule has 4 N–H and O–H groups in total. The van der Waals surface area contributed by atoms with Crippen molar-refractivity contribution in [2.24, 2.45) is 10.9 Å². The molecule has 7 heteroatoms. The summed E-state index contributed by atoms with van der Waals surface area (Å²) in [6.07, 6.45) is 0. The number of aryl methyl sites for hydroxylation is 1. The number of primary sulfonamides is 1. The van der Waals surface area contributed by atoms with E-state index in [1.165, 1.54) is 6.07 Å². The minimum atomic E-state index is -3.72. The monoisotopic (exact) mass is 367 g/mol. The van der Waals surface area contributed by atoms with E-state index in [9.17, 15) is 8.42 Å². The lowest BCUT2D eigenvalue weighted by Crippen LogP contribution is -2.29. The van der Waals surface area contributed by atoms with Crippen molar-refractivity contribution in [1.29, 1.82) is 0 Å². The van der Waals surface area contributed by atoms with E-state index in [1.807, 2.05) is 31.2 Å². The highest BCUT2D eigenvalue weighted by molar-refractivity contribution is 7.89. The quantitative estimate of drug-likeness (QED) is 0.785. The van der Waals surface area contributed by atoms with Gasteiger partial charge in [0.25, 0.3) is 0 Å². The predicted octanol–water partition coefficient (Wildman–Crippen LogP) is 2.26. The van der Waals surface area contributed by atoms with Gasteiger partial charge in [0, 0.05) is 31.2 Å². The molecule has 0 atom stereocenters. The van der Waals surface area contributed by atoms with Crippen LogP contribution in [0.15, 0.2) is 47.4 Å². The first-order chi connectivity index (χ1) is 11.3. The highest BCUT2D eigenvalue weighted by Gasteiger charge is 2.13. The van der Waals surface area contributed by atoms with Gasteiger partial charge in [-0.3, -0.25) is 4.90 Å². The van der Waals surface area contributed by atoms with Gasteiger partial charge in [0.1, 0.15) is 0 Å². The molecular weight excluding hydrogens is 346 g/mol. The topological polar surface area (TPSA) is 89.4 Å². The van der Waals surface area contributed by atoms with Gasteiger partial charge in [-0.1, -0.05) is 29.8 Å². The van der Waals surface area contributed by atoms with Crippen molar-refractivity contribution in [3.63, 3.8) is 0 Å². The van der Waals surface area contributed by atoms with Crippen LogP contribution in [0.5, 0.6) is 0 Å². The first-order valence-corrected chi connectivity index (χ1v) is 9.51. The van der Waals surface area contributed by atoms with Crippen molar-refractivity contribution in [2.75, 3.05) is 13.1 Å². The zero-order valence-corrected chi connectivity index (χ0v) is 15.1. The summed E-state index contributed by atoms with van der Waals surface area (Å²) >= 11 is 6.04. The van der Waals surface area contributed by atoms with Crippen molar-refractivity contribution < 1.29 is 8.42 Å². The molecule has 0 saturated heterocycles. The number of nitrogens with two attached hydrogens (primary N) is 2. The third kappa shape index (κ3) is 5.29. The van der Waals surface area contributed by atoms with E-state index in [-0.39, 0.29) is 4.90 Å². The maximum absolute atomic E-state index is 11.6. The molecule has 0 spiro atoms. The third-order valence-corrected chi connectivity index (χ3v) is 4.93. The Labute approximate surface area is 148 Å². The van der Waals surface area contributed by atoms with Gasteiger partial charge in [0.15, 0.2) is 0 Å². The maximum atomic E-state index is 11.6. The van der Waals surface area contributed by atoms with Crippen LogP contribution >= 0.6 is 11.6 Å². The first-order valence-electron chi connectivity index (χ1n) is 7.59. The normalized spacial score (nSPS) is 11.9. The van der Waals surface area contributed by atoms with Gasteiger partial charge in [0.2, 0.25) is 10.0 Å². The second kappa shape index (κ2) is 8.09. The van der Waals surface area contributed by atoms with E-state index < -0.39 is 10.0 Å². The molecule has 130 valence electrons. The van der Waals surface area contributed by atoms with Crippen LogP contribution in [0.1, 0.15) is 16.7 Å². The van der Waals surface area contributed by atoms with Crippen LogP contribution in [0.2, 0.25) is 5.02 Å². The van der Waals surface area contributed by atoms with Crippen molar-refractivity contribution in [3.8, 4) is 0 Å². The van der Waals surface area contributed by atoms with Crippen LogP contribution in [-0.4, -0.2) is 26.4 Å². The molecule has 0 radical (unpaired) electrons. The molecule has 0 aromatic heterocycles. The number of rotatable bonds is 7. The van der Waals surface area contributed by atoms with Crippen molar-refractivity contribution in [3.05, 3.63) is 64.2 Å². The maximum Gasteiger partial charge on any atom is 0.238 e. The summed E-state index contributed by atoms with van der Waals surface area (Å²) in [5, 5.41) is 5.92. The molecular formula is C17H22ClN3O2S. The predicted molar refractivity (Wildman–Crippen MR) is 97.2 cm³/mol. The minimum Gasteiger partial charge on any atom is -0.329 e. The van der Waals surface area contributed by atoms with Gasteiger partial charge in [-0.2, -0.15) is 0 Å². The second-order valence-corrected chi connectivity index (χ2v) is 7.76. The molecule has 2 rings (SSSR count). The molecule has 0 unspecified atom stereocenters. The van der Waals surface area contributed by atoms with Crippen molar-refractivity contribution >= 4 is 21.6 Å². The number of benzene rings is 2. The van der Waals surface area contributed by atoms with Gasteiger partial charge in [-0.05, 0) is 47.9 Å². The Balaban J connectivity index is 2.24. The van der Waals surface area contributed by atoms with Gasteiger partial charge in [-0.25, -0.2) is 13.6 Å². The smallest absolute Gasteiger partial charge is 0.238 e. The summed E-state index contributed by atoms with van der Waals surface area (Å²) in [5.74, 6) is 0. The fourth-order valence-corrected chi connectivity index (χ4v) is 3.30. The van der Waals surface area contributed by atoms with Crippen molar-refractivity contribution in [1.82, 2.24) is 4.90 Å². The van der Waals surface area contributed by atoms with Gasteiger partial charge in [-0.15, -0.1) is 0 Å². The van der Waals surface area contributed by atoms with E-state index in [1.54, 1.807) is 12.1 Å². The number of halogens is 1. The number of hydrogen-bond donors (Lipinski definition) is 2. The molecule has 2 aromatic rings. The number of sulfonamides is 1. The molecule has 0 fully saturated rings. The lowest BCUT2D eigenvalue weighted by molar-refractivity contribution is 0.263. The zero-order valence-electron chi connectivity index (χ0n) is 13.6. The van der Waals surface area contributed by atoms with Gasteiger partial charge >= 0.3 is 0 Å². The summed E-state index contributed by atoms with van der Waals surface area (Å²) in [7, 11) is -3.72. The Kier molecular flexibility index (Phi) is 6.37. The standard InChI is InChI=1S/C17H22ClN3O2S/c1-13-5-6-17(24(20,22)23)10-15(13)12-21(8-7-19)11-14-3-2-4-16(18)9-14/h2-6,9-10H,7-8,11-12,19H2,1H3,(H2,20,22,23). The molecule has 0 aliphatic carbocycles. The fraction of sp³-hybridized carbons (Fsp3) is 0.294. The Morgan fingerprint density at radius 3 is 2.50 bits per heavy atom. The van der Waals surface area contributed by atoms with E-state index in [2.05, 4.69) is 4.90 Å². The van der Waals surface area contributed by atoms with Gasteiger partial charge in [0.05, 0.1) is 4.90 Å². The first kappa shape index (κ1) is 18.9. The molecule has 24 heavy (non-hydrogen) atoms. The van der Waals surface area contributed by atoms with Crippen LogP contribution in [0.3, 0.4) is 0 Å². The summed E-state index contributed by atoms with van der Waals surface area (Å²) in [5.41, 5.74) is 8.72. The Morgan fingerprint density at radius 1 is 1.12 bits per heavy atom. The lowest BCUT2D eigenvalue weighted by atomic mass is 10.1. The van der Waals surface area contributed by atoms with E-state index in [0.29, 0.717) is 31.2 Å². The molecule has 0 aliphatic heterocycles. The minimum absolute atomic E-state index is 0.124. The van der Waals surface area contributed by atoms with Crippen LogP contribution in [0, 0.1) is 6.92 Å². The summed E-state index contributed by atoms with van der Waals surface area (Å²) < 4.78 is 23.1. The van der Waals surface area contributed by atoms with Gasteiger partial charge < -0.3 is 5.73 Å². The highest BCUT2D eigenvalue weighted by atomic mass is 35.5. The summed E-state index contributed by atoms with van der Waals surface area (Å²) in [4.78, 5) is 2.28. The molecule has 0 amide bonds. The van der Waals surface area contributed by atoms with E-state index in [0.717, 1.165) is 16.7 Å². The molecule has 0 saturated carbocycles. The third-order valence-electron chi connectivity index (χ3n) is 3.78. The highest BCUT2D eigenvalue weighted by Crippen LogP contribution is 2.19. The zero-order chi connectivity index (χ0) is 17.7. The SMILES string of the molecule is Cc1ccc(S(N)(=O)=O)cc1CN(CCN)Cc1cccc(Cl)c1. The summed E-state index contributed by atoms with van der Waals surface area (Å²) in [6, 6.07) is 12.6. The lowest BCUT2D eigenvalue weighted by Gasteiger charge is -2.23. The summed E-state index contributed by atoms with van der Waals surface area (Å²) in [6.45, 7) is 4.40. The van der Waals surface area contributed by atoms with Crippen LogP contribution in [-0.2, 0) is 23.1 Å². The average Bonchev–Trinajstić information content (AvgIpc) is 2.48. The Morgan fingerprint density at radius 2 is 1.88 bits per heavy atom. The molecule has 5 nitrogen and oxygen atoms in total. The fourth-order valence-electron chi connectivity index (χ4n) is 2.53.